The van der Waals surface area contributed by atoms with Gasteiger partial charge in [0.25, 0.3) is 0 Å². The molecule has 0 saturated heterocycles. The summed E-state index contributed by atoms with van der Waals surface area (Å²) in [5.41, 5.74) is 0.0543. The maximum absolute atomic E-state index is 11.8. The lowest BCUT2D eigenvalue weighted by Crippen LogP contribution is -2.18. The van der Waals surface area contributed by atoms with Crippen LogP contribution in [0.3, 0.4) is 0 Å². The monoisotopic (exact) mass is 271 g/mol. The lowest BCUT2D eigenvalue weighted by atomic mass is 10.3. The molecule has 3 nitrogen and oxygen atoms in total. The summed E-state index contributed by atoms with van der Waals surface area (Å²) in [6.07, 6.45) is -4.78. The number of hydrogen-bond acceptors (Lipinski definition) is 3. The number of aromatic nitrogens is 1. The second-order valence-electron chi connectivity index (χ2n) is 2.42. The number of hydrogen-bond donors (Lipinski definition) is 1. The average molecular weight is 272 g/mol. The van der Waals surface area contributed by atoms with Gasteiger partial charge in [0.05, 0.1) is 10.2 Å². The fourth-order valence-corrected chi connectivity index (χ4v) is 1.25. The number of halogens is 4. The van der Waals surface area contributed by atoms with Crippen molar-refractivity contribution in [1.29, 1.82) is 0 Å². The highest BCUT2D eigenvalue weighted by Gasteiger charge is 2.32. The predicted octanol–water partition coefficient (Wildman–Crippen LogP) is 2.76. The van der Waals surface area contributed by atoms with E-state index in [4.69, 9.17) is 0 Å². The Hall–Kier alpha value is -0.980. The van der Waals surface area contributed by atoms with Gasteiger partial charge in [0.1, 0.15) is 0 Å². The molecule has 0 aromatic carbocycles. The van der Waals surface area contributed by atoms with Gasteiger partial charge in [0.15, 0.2) is 5.75 Å². The maximum atomic E-state index is 11.8. The van der Waals surface area contributed by atoms with Gasteiger partial charge in [-0.05, 0) is 22.9 Å². The summed E-state index contributed by atoms with van der Waals surface area (Å²) in [5.74, 6) is -0.820. The van der Waals surface area contributed by atoms with Gasteiger partial charge in [-0.25, -0.2) is 4.98 Å². The van der Waals surface area contributed by atoms with Crippen LogP contribution in [0.25, 0.3) is 0 Å². The van der Waals surface area contributed by atoms with Crippen LogP contribution in [0.2, 0.25) is 0 Å². The van der Waals surface area contributed by atoms with E-state index in [0.29, 0.717) is 0 Å². The standard InChI is InChI=1S/C7H5BrF3NO2/c1-3-6(13)4(8)2-5(12-3)14-7(9,10)11/h2,13H,1H3. The number of aromatic hydroxyl groups is 1. The summed E-state index contributed by atoms with van der Waals surface area (Å²) in [7, 11) is 0. The Bertz CT molecular complexity index is 330. The first-order valence-electron chi connectivity index (χ1n) is 3.41. The summed E-state index contributed by atoms with van der Waals surface area (Å²) in [4.78, 5) is 3.40. The van der Waals surface area contributed by atoms with Crippen LogP contribution in [-0.2, 0) is 0 Å². The zero-order valence-corrected chi connectivity index (χ0v) is 8.48. The van der Waals surface area contributed by atoms with Gasteiger partial charge in [-0.2, -0.15) is 0 Å². The molecule has 0 bridgehead atoms. The summed E-state index contributed by atoms with van der Waals surface area (Å²) in [6, 6.07) is 0.940. The lowest BCUT2D eigenvalue weighted by molar-refractivity contribution is -0.276. The van der Waals surface area contributed by atoms with Gasteiger partial charge in [-0.3, -0.25) is 0 Å². The molecule has 0 spiro atoms. The van der Waals surface area contributed by atoms with Crippen molar-refractivity contribution in [2.45, 2.75) is 13.3 Å². The van der Waals surface area contributed by atoms with Crippen LogP contribution >= 0.6 is 15.9 Å². The van der Waals surface area contributed by atoms with E-state index in [-0.39, 0.29) is 15.9 Å². The molecule has 0 aliphatic carbocycles. The topological polar surface area (TPSA) is 42.4 Å². The summed E-state index contributed by atoms with van der Waals surface area (Å²) < 4.78 is 39.0. The molecule has 0 unspecified atom stereocenters. The largest absolute Gasteiger partial charge is 0.574 e. The molecule has 1 heterocycles. The predicted molar refractivity (Wildman–Crippen MR) is 45.0 cm³/mol. The lowest BCUT2D eigenvalue weighted by Gasteiger charge is -2.09. The third-order valence-corrected chi connectivity index (χ3v) is 1.92. The molecular weight excluding hydrogens is 267 g/mol. The Morgan fingerprint density at radius 1 is 1.50 bits per heavy atom. The van der Waals surface area contributed by atoms with E-state index in [0.717, 1.165) is 6.07 Å². The number of nitrogens with zero attached hydrogens (tertiary/aromatic N) is 1. The first-order chi connectivity index (χ1) is 6.29. The van der Waals surface area contributed by atoms with Crippen molar-refractivity contribution in [3.63, 3.8) is 0 Å². The second-order valence-corrected chi connectivity index (χ2v) is 3.28. The smallest absolute Gasteiger partial charge is 0.505 e. The van der Waals surface area contributed by atoms with E-state index >= 15 is 0 Å². The van der Waals surface area contributed by atoms with Crippen LogP contribution in [0, 0.1) is 6.92 Å². The maximum Gasteiger partial charge on any atom is 0.574 e. The Balaban J connectivity index is 3.02. The quantitative estimate of drug-likeness (QED) is 0.854. The summed E-state index contributed by atoms with van der Waals surface area (Å²) >= 11 is 2.87. The Kier molecular flexibility index (Phi) is 2.89. The van der Waals surface area contributed by atoms with Crippen molar-refractivity contribution < 1.29 is 23.0 Å². The molecule has 0 radical (unpaired) electrons. The zero-order chi connectivity index (χ0) is 10.9. The van der Waals surface area contributed by atoms with Crippen molar-refractivity contribution in [1.82, 2.24) is 4.98 Å². The molecular formula is C7H5BrF3NO2. The van der Waals surface area contributed by atoms with E-state index in [9.17, 15) is 18.3 Å². The number of aryl methyl sites for hydroxylation is 1. The molecule has 1 rings (SSSR count). The van der Waals surface area contributed by atoms with E-state index in [2.05, 4.69) is 25.7 Å². The molecule has 14 heavy (non-hydrogen) atoms. The van der Waals surface area contributed by atoms with Gasteiger partial charge in [0.2, 0.25) is 5.88 Å². The van der Waals surface area contributed by atoms with Gasteiger partial charge in [-0.15, -0.1) is 13.2 Å². The first-order valence-corrected chi connectivity index (χ1v) is 4.21. The van der Waals surface area contributed by atoms with Crippen LogP contribution < -0.4 is 4.74 Å². The van der Waals surface area contributed by atoms with Crippen LogP contribution in [-0.4, -0.2) is 16.5 Å². The summed E-state index contributed by atoms with van der Waals surface area (Å²) in [5, 5.41) is 9.18. The second kappa shape index (κ2) is 3.64. The fraction of sp³-hybridized carbons (Fsp3) is 0.286. The van der Waals surface area contributed by atoms with Crippen LogP contribution in [0.4, 0.5) is 13.2 Å². The van der Waals surface area contributed by atoms with Crippen molar-refractivity contribution in [3.05, 3.63) is 16.2 Å². The molecule has 1 aromatic rings. The SMILES string of the molecule is Cc1nc(OC(F)(F)F)cc(Br)c1O. The van der Waals surface area contributed by atoms with Crippen LogP contribution in [0.1, 0.15) is 5.69 Å². The number of alkyl halides is 3. The molecule has 0 atom stereocenters. The van der Waals surface area contributed by atoms with Crippen molar-refractivity contribution >= 4 is 15.9 Å². The minimum absolute atomic E-state index is 0.0543. The molecule has 0 aliphatic heterocycles. The Labute approximate surface area is 85.7 Å². The molecule has 7 heteroatoms. The third kappa shape index (κ3) is 2.76. The van der Waals surface area contributed by atoms with Gasteiger partial charge in [0, 0.05) is 6.07 Å². The molecule has 0 fully saturated rings. The number of pyridine rings is 1. The normalized spacial score (nSPS) is 11.5. The molecule has 1 aromatic heterocycles. The highest BCUT2D eigenvalue weighted by atomic mass is 79.9. The fourth-order valence-electron chi connectivity index (χ4n) is 0.771. The average Bonchev–Trinajstić information content (AvgIpc) is 1.96. The van der Waals surface area contributed by atoms with Crippen LogP contribution in [0.15, 0.2) is 10.5 Å². The minimum atomic E-state index is -4.78. The third-order valence-electron chi connectivity index (χ3n) is 1.32. The molecule has 78 valence electrons. The molecule has 0 amide bonds. The molecule has 0 aliphatic rings. The van der Waals surface area contributed by atoms with Gasteiger partial charge < -0.3 is 9.84 Å². The van der Waals surface area contributed by atoms with E-state index < -0.39 is 12.2 Å². The molecule has 0 saturated carbocycles. The molecule has 1 N–H and O–H groups in total. The Morgan fingerprint density at radius 2 is 2.07 bits per heavy atom. The van der Waals surface area contributed by atoms with E-state index in [1.807, 2.05) is 0 Å². The van der Waals surface area contributed by atoms with Gasteiger partial charge in [-0.1, -0.05) is 0 Å². The number of rotatable bonds is 1. The number of ether oxygens (including phenoxy) is 1. The van der Waals surface area contributed by atoms with Crippen LogP contribution in [0.5, 0.6) is 11.6 Å². The Morgan fingerprint density at radius 3 is 2.50 bits per heavy atom. The zero-order valence-electron chi connectivity index (χ0n) is 6.89. The minimum Gasteiger partial charge on any atom is -0.505 e. The van der Waals surface area contributed by atoms with E-state index in [1.165, 1.54) is 6.92 Å². The van der Waals surface area contributed by atoms with Crippen molar-refractivity contribution in [2.24, 2.45) is 0 Å². The first kappa shape index (κ1) is 11.1. The summed E-state index contributed by atoms with van der Waals surface area (Å²) in [6.45, 7) is 1.36. The van der Waals surface area contributed by atoms with E-state index in [1.54, 1.807) is 0 Å². The highest BCUT2D eigenvalue weighted by molar-refractivity contribution is 9.10. The highest BCUT2D eigenvalue weighted by Crippen LogP contribution is 2.31. The van der Waals surface area contributed by atoms with Crippen molar-refractivity contribution in [2.75, 3.05) is 0 Å². The van der Waals surface area contributed by atoms with Crippen molar-refractivity contribution in [3.8, 4) is 11.6 Å². The van der Waals surface area contributed by atoms with Gasteiger partial charge >= 0.3 is 6.36 Å².